The summed E-state index contributed by atoms with van der Waals surface area (Å²) in [5.74, 6) is -0.995. The molecule has 2 fully saturated rings. The van der Waals surface area contributed by atoms with Crippen LogP contribution in [-0.2, 0) is 32.6 Å². The van der Waals surface area contributed by atoms with Gasteiger partial charge in [-0.1, -0.05) is 0 Å². The summed E-state index contributed by atoms with van der Waals surface area (Å²) >= 11 is 0. The second kappa shape index (κ2) is 11.0. The lowest BCUT2D eigenvalue weighted by molar-refractivity contribution is -0.192. The van der Waals surface area contributed by atoms with E-state index in [0.29, 0.717) is 51.5 Å². The maximum absolute atomic E-state index is 13.0. The molecular weight excluding hydrogens is 533 g/mol. The fourth-order valence-corrected chi connectivity index (χ4v) is 5.86. The first-order chi connectivity index (χ1) is 17.9. The molecule has 4 heterocycles. The molecule has 5 rings (SSSR count). The molecule has 1 aromatic heterocycles. The predicted molar refractivity (Wildman–Crippen MR) is 125 cm³/mol. The van der Waals surface area contributed by atoms with E-state index in [2.05, 4.69) is 19.7 Å². The summed E-state index contributed by atoms with van der Waals surface area (Å²) in [4.78, 5) is 25.7. The number of ether oxygens (including phenoxy) is 1. The van der Waals surface area contributed by atoms with Crippen molar-refractivity contribution in [3.05, 3.63) is 41.5 Å². The number of carbonyl (C=O) groups excluding carboxylic acids is 1. The molecule has 3 aliphatic heterocycles. The van der Waals surface area contributed by atoms with E-state index in [4.69, 9.17) is 14.6 Å². The normalized spacial score (nSPS) is 19.2. The Hall–Kier alpha value is -3.08. The van der Waals surface area contributed by atoms with Gasteiger partial charge >= 0.3 is 12.1 Å². The number of fused-ring (bicyclic) bond motifs is 1. The molecule has 2 aromatic rings. The van der Waals surface area contributed by atoms with Gasteiger partial charge in [0.05, 0.1) is 24.7 Å². The number of aryl methyl sites for hydroxylation is 1. The number of halogens is 3. The summed E-state index contributed by atoms with van der Waals surface area (Å²) in [6.45, 7) is 7.43. The van der Waals surface area contributed by atoms with Crippen LogP contribution in [-0.4, -0.2) is 112 Å². The number of aromatic nitrogens is 3. The largest absolute Gasteiger partial charge is 0.490 e. The quantitative estimate of drug-likeness (QED) is 0.569. The number of carboxylic acids is 1. The lowest BCUT2D eigenvalue weighted by Gasteiger charge is -2.45. The molecule has 12 nitrogen and oxygen atoms in total. The third-order valence-corrected chi connectivity index (χ3v) is 8.44. The number of sulfonamides is 1. The van der Waals surface area contributed by atoms with Crippen LogP contribution in [0.3, 0.4) is 0 Å². The van der Waals surface area contributed by atoms with Crippen LogP contribution in [0.5, 0.6) is 0 Å². The Labute approximate surface area is 216 Å². The van der Waals surface area contributed by atoms with Crippen molar-refractivity contribution in [3.8, 4) is 0 Å². The van der Waals surface area contributed by atoms with Crippen molar-refractivity contribution in [2.24, 2.45) is 0 Å². The molecule has 38 heavy (non-hydrogen) atoms. The van der Waals surface area contributed by atoms with Crippen LogP contribution in [0.2, 0.25) is 0 Å². The highest BCUT2D eigenvalue weighted by molar-refractivity contribution is 7.89. The minimum absolute atomic E-state index is 0.0931. The van der Waals surface area contributed by atoms with Crippen molar-refractivity contribution >= 4 is 21.9 Å². The van der Waals surface area contributed by atoms with Gasteiger partial charge < -0.3 is 19.3 Å². The van der Waals surface area contributed by atoms with Gasteiger partial charge in [0.1, 0.15) is 11.6 Å². The zero-order valence-corrected chi connectivity index (χ0v) is 21.3. The van der Waals surface area contributed by atoms with Gasteiger partial charge in [-0.05, 0) is 31.2 Å². The first-order valence-electron chi connectivity index (χ1n) is 11.8. The molecule has 0 atom stereocenters. The maximum atomic E-state index is 13.0. The van der Waals surface area contributed by atoms with E-state index in [1.54, 1.807) is 17.0 Å². The molecule has 1 N–H and O–H groups in total. The van der Waals surface area contributed by atoms with E-state index in [-0.39, 0.29) is 16.8 Å². The summed E-state index contributed by atoms with van der Waals surface area (Å²) in [6, 6.07) is 6.44. The van der Waals surface area contributed by atoms with Gasteiger partial charge in [0.15, 0.2) is 0 Å². The van der Waals surface area contributed by atoms with Gasteiger partial charge in [-0.25, -0.2) is 13.2 Å². The van der Waals surface area contributed by atoms with Crippen LogP contribution < -0.4 is 0 Å². The number of nitrogens with zero attached hydrogens (tertiary/aromatic N) is 6. The monoisotopic (exact) mass is 560 g/mol. The third-order valence-electron chi connectivity index (χ3n) is 6.59. The van der Waals surface area contributed by atoms with E-state index < -0.39 is 22.2 Å². The fourth-order valence-electron chi connectivity index (χ4n) is 4.34. The zero-order valence-electron chi connectivity index (χ0n) is 20.5. The second-order valence-corrected chi connectivity index (χ2v) is 10.9. The molecule has 2 saturated heterocycles. The summed E-state index contributed by atoms with van der Waals surface area (Å²) in [5, 5.41) is 15.5. The van der Waals surface area contributed by atoms with Crippen LogP contribution in [0.4, 0.5) is 13.2 Å². The van der Waals surface area contributed by atoms with Crippen molar-refractivity contribution in [2.75, 3.05) is 45.9 Å². The Balaban J connectivity index is 0.000000426. The number of carbonyl (C=O) groups is 2. The molecule has 0 unspecified atom stereocenters. The molecule has 1 aromatic carbocycles. The zero-order chi connectivity index (χ0) is 27.7. The van der Waals surface area contributed by atoms with Crippen LogP contribution >= 0.6 is 0 Å². The first kappa shape index (κ1) is 27.9. The topological polar surface area (TPSA) is 138 Å². The van der Waals surface area contributed by atoms with Crippen LogP contribution in [0.1, 0.15) is 22.0 Å². The van der Waals surface area contributed by atoms with Crippen LogP contribution in [0.15, 0.2) is 29.2 Å². The average Bonchev–Trinajstić information content (AvgIpc) is 3.23. The fraction of sp³-hybridized carbons (Fsp3) is 0.545. The number of rotatable bonds is 4. The van der Waals surface area contributed by atoms with Crippen molar-refractivity contribution in [3.63, 3.8) is 0 Å². The van der Waals surface area contributed by atoms with Crippen LogP contribution in [0, 0.1) is 6.92 Å². The van der Waals surface area contributed by atoms with Crippen LogP contribution in [0.25, 0.3) is 0 Å². The van der Waals surface area contributed by atoms with E-state index >= 15 is 0 Å². The lowest BCUT2D eigenvalue weighted by Crippen LogP contribution is -2.61. The number of hydrogen-bond acceptors (Lipinski definition) is 8. The van der Waals surface area contributed by atoms with Gasteiger partial charge in [0, 0.05) is 50.9 Å². The Morgan fingerprint density at radius 3 is 2.21 bits per heavy atom. The molecule has 3 aliphatic rings. The Bertz CT molecular complexity index is 1270. The van der Waals surface area contributed by atoms with Crippen molar-refractivity contribution < 1.29 is 41.0 Å². The summed E-state index contributed by atoms with van der Waals surface area (Å²) in [6.07, 6.45) is -5.08. The average molecular weight is 561 g/mol. The predicted octanol–water partition coefficient (Wildman–Crippen LogP) is 0.581. The number of benzene rings is 1. The summed E-state index contributed by atoms with van der Waals surface area (Å²) in [7, 11) is -3.57. The highest BCUT2D eigenvalue weighted by Gasteiger charge is 2.41. The highest BCUT2D eigenvalue weighted by Crippen LogP contribution is 2.27. The standard InChI is InChI=1S/C20H26N6O4S.C2HF3O2/c1-15-21-22-19-14-24(6-7-26(15)19)17-12-25(13-17)31(28,29)18-4-2-16(3-5-18)20(27)23-8-10-30-11-9-23;3-2(4,5)1(6)7/h2-5,17H,6-14H2,1H3;(H,6,7). The summed E-state index contributed by atoms with van der Waals surface area (Å²) in [5.41, 5.74) is 0.495. The molecule has 16 heteroatoms. The molecule has 0 radical (unpaired) electrons. The maximum Gasteiger partial charge on any atom is 0.490 e. The SMILES string of the molecule is Cc1nnc2n1CCN(C1CN(S(=O)(=O)c3ccc(C(=O)N4CCOCC4)cc3)C1)C2.O=C(O)C(F)(F)F. The number of morpholine rings is 1. The smallest absolute Gasteiger partial charge is 0.475 e. The highest BCUT2D eigenvalue weighted by atomic mass is 32.2. The Morgan fingerprint density at radius 1 is 1.03 bits per heavy atom. The van der Waals surface area contributed by atoms with E-state index in [0.717, 1.165) is 24.7 Å². The molecule has 1 amide bonds. The van der Waals surface area contributed by atoms with Gasteiger partial charge in [0.2, 0.25) is 10.0 Å². The molecular formula is C22H27F3N6O6S. The molecule has 0 spiro atoms. The van der Waals surface area contributed by atoms with E-state index in [9.17, 15) is 26.4 Å². The molecule has 208 valence electrons. The van der Waals surface area contributed by atoms with Crippen molar-refractivity contribution in [2.45, 2.75) is 37.1 Å². The second-order valence-electron chi connectivity index (χ2n) is 8.99. The third kappa shape index (κ3) is 5.98. The van der Waals surface area contributed by atoms with Gasteiger partial charge in [0.25, 0.3) is 5.91 Å². The number of alkyl halides is 3. The summed E-state index contributed by atoms with van der Waals surface area (Å²) < 4.78 is 66.6. The van der Waals surface area contributed by atoms with Gasteiger partial charge in [-0.3, -0.25) is 9.69 Å². The number of amides is 1. The molecule has 0 aliphatic carbocycles. The minimum atomic E-state index is -5.08. The minimum Gasteiger partial charge on any atom is -0.475 e. The van der Waals surface area contributed by atoms with Gasteiger partial charge in [-0.2, -0.15) is 17.5 Å². The van der Waals surface area contributed by atoms with E-state index in [1.165, 1.54) is 16.4 Å². The number of aliphatic carboxylic acids is 1. The van der Waals surface area contributed by atoms with Gasteiger partial charge in [-0.15, -0.1) is 10.2 Å². The molecule has 0 saturated carbocycles. The van der Waals surface area contributed by atoms with E-state index in [1.807, 2.05) is 6.92 Å². The number of hydrogen-bond donors (Lipinski definition) is 1. The Morgan fingerprint density at radius 2 is 1.63 bits per heavy atom. The number of carboxylic acid groups (broad SMARTS) is 1. The lowest BCUT2D eigenvalue weighted by atomic mass is 10.1. The van der Waals surface area contributed by atoms with Crippen molar-refractivity contribution in [1.29, 1.82) is 0 Å². The molecule has 0 bridgehead atoms. The van der Waals surface area contributed by atoms with Crippen molar-refractivity contribution in [1.82, 2.24) is 28.9 Å². The first-order valence-corrected chi connectivity index (χ1v) is 13.2. The Kier molecular flexibility index (Phi) is 8.06.